The van der Waals surface area contributed by atoms with Crippen LogP contribution in [0.1, 0.15) is 15.9 Å². The number of rotatable bonds is 1. The first kappa shape index (κ1) is 16.6. The van der Waals surface area contributed by atoms with Crippen molar-refractivity contribution < 1.29 is 9.21 Å². The number of furan rings is 1. The largest absolute Gasteiger partial charge is 0.386 e. The third kappa shape index (κ3) is 1.90. The summed E-state index contributed by atoms with van der Waals surface area (Å²) in [5.74, 6) is -0.175. The Hall–Kier alpha value is -4.39. The molecule has 0 saturated carbocycles. The number of hydrogen-bond acceptors (Lipinski definition) is 6. The lowest BCUT2D eigenvalue weighted by atomic mass is 10.1. The third-order valence-corrected chi connectivity index (χ3v) is 5.62. The van der Waals surface area contributed by atoms with E-state index < -0.39 is 22.4 Å². The second-order valence-corrected chi connectivity index (χ2v) is 7.17. The van der Waals surface area contributed by atoms with E-state index in [2.05, 4.69) is 4.42 Å². The molecule has 7 heteroatoms. The molecule has 2 aromatic heterocycles. The minimum Gasteiger partial charge on any atom is -0.386 e. The Morgan fingerprint density at radius 2 is 1.13 bits per heavy atom. The van der Waals surface area contributed by atoms with E-state index in [9.17, 15) is 24.0 Å². The number of benzene rings is 3. The number of carbonyl (C=O) groups is 1. The lowest BCUT2D eigenvalue weighted by molar-refractivity contribution is 0.104. The van der Waals surface area contributed by atoms with E-state index in [1.165, 1.54) is 18.2 Å². The smallest absolute Gasteiger partial charge is 0.346 e. The fourth-order valence-electron chi connectivity index (χ4n) is 4.21. The predicted molar refractivity (Wildman–Crippen MR) is 109 cm³/mol. The van der Waals surface area contributed by atoms with E-state index in [1.807, 2.05) is 12.1 Å². The van der Waals surface area contributed by atoms with Crippen molar-refractivity contribution in [3.63, 3.8) is 0 Å². The highest BCUT2D eigenvalue weighted by Crippen LogP contribution is 2.37. The van der Waals surface area contributed by atoms with Gasteiger partial charge in [-0.15, -0.1) is 0 Å². The average molecular weight is 395 g/mol. The van der Waals surface area contributed by atoms with Crippen LogP contribution in [0.5, 0.6) is 0 Å². The maximum Gasteiger partial charge on any atom is 0.346 e. The molecule has 0 saturated heterocycles. The van der Waals surface area contributed by atoms with Gasteiger partial charge in [-0.2, -0.15) is 0 Å². The summed E-state index contributed by atoms with van der Waals surface area (Å²) >= 11 is 0. The van der Waals surface area contributed by atoms with Crippen molar-refractivity contribution in [1.29, 1.82) is 0 Å². The molecular weight excluding hydrogens is 386 g/mol. The van der Waals surface area contributed by atoms with E-state index in [-0.39, 0.29) is 33.0 Å². The molecule has 0 aliphatic heterocycles. The van der Waals surface area contributed by atoms with Crippen molar-refractivity contribution >= 4 is 27.3 Å². The predicted octanol–water partition coefficient (Wildman–Crippen LogP) is 1.90. The van der Waals surface area contributed by atoms with E-state index in [4.69, 9.17) is 0 Å². The van der Waals surface area contributed by atoms with Gasteiger partial charge in [-0.05, 0) is 35.4 Å². The maximum atomic E-state index is 13.0. The molecule has 0 bridgehead atoms. The SMILES string of the molecule is O=C1c2ccccc2-c2ccc(-n3c(=O)c4cc5c(=O)oc(=O)c5cc4c3=O)cc21. The van der Waals surface area contributed by atoms with Gasteiger partial charge in [0.15, 0.2) is 5.78 Å². The van der Waals surface area contributed by atoms with Crippen LogP contribution in [0, 0.1) is 0 Å². The van der Waals surface area contributed by atoms with Crippen molar-refractivity contribution in [3.05, 3.63) is 107 Å². The molecule has 1 aliphatic rings. The van der Waals surface area contributed by atoms with Crippen LogP contribution in [0.3, 0.4) is 0 Å². The zero-order valence-electron chi connectivity index (χ0n) is 15.1. The highest BCUT2D eigenvalue weighted by molar-refractivity contribution is 6.21. The van der Waals surface area contributed by atoms with E-state index in [0.29, 0.717) is 11.1 Å². The Kier molecular flexibility index (Phi) is 2.96. The summed E-state index contributed by atoms with van der Waals surface area (Å²) in [7, 11) is 0. The normalized spacial score (nSPS) is 12.6. The Labute approximate surface area is 165 Å². The van der Waals surface area contributed by atoms with Gasteiger partial charge in [-0.1, -0.05) is 30.3 Å². The molecule has 0 amide bonds. The molecule has 0 atom stereocenters. The first-order chi connectivity index (χ1) is 14.5. The quantitative estimate of drug-likeness (QED) is 0.421. The van der Waals surface area contributed by atoms with Crippen LogP contribution in [0.15, 0.2) is 78.2 Å². The fourth-order valence-corrected chi connectivity index (χ4v) is 4.21. The van der Waals surface area contributed by atoms with Crippen molar-refractivity contribution in [2.24, 2.45) is 0 Å². The standard InChI is InChI=1S/C23H9NO6/c25-19-13-4-2-1-3-11(13)12-6-5-10(7-14(12)19)24-20(26)15-8-17-18(9-16(15)21(24)27)23(29)30-22(17)28/h1-9H. The molecular formula is C23H9NO6. The zero-order valence-corrected chi connectivity index (χ0v) is 15.1. The first-order valence-corrected chi connectivity index (χ1v) is 9.07. The van der Waals surface area contributed by atoms with E-state index in [0.717, 1.165) is 15.7 Å². The molecule has 0 spiro atoms. The Morgan fingerprint density at radius 1 is 0.567 bits per heavy atom. The second-order valence-electron chi connectivity index (χ2n) is 7.17. The average Bonchev–Trinajstić information content (AvgIpc) is 3.29. The minimum atomic E-state index is -0.850. The van der Waals surface area contributed by atoms with Gasteiger partial charge in [-0.3, -0.25) is 14.4 Å². The molecule has 0 fully saturated rings. The van der Waals surface area contributed by atoms with E-state index >= 15 is 0 Å². The summed E-state index contributed by atoms with van der Waals surface area (Å²) < 4.78 is 5.48. The topological polar surface area (TPSA) is 103 Å². The van der Waals surface area contributed by atoms with Gasteiger partial charge in [0, 0.05) is 11.1 Å². The van der Waals surface area contributed by atoms with Crippen LogP contribution in [0.2, 0.25) is 0 Å². The number of fused-ring (bicyclic) bond motifs is 5. The van der Waals surface area contributed by atoms with Crippen molar-refractivity contribution in [1.82, 2.24) is 4.57 Å². The van der Waals surface area contributed by atoms with Gasteiger partial charge >= 0.3 is 11.3 Å². The van der Waals surface area contributed by atoms with Crippen molar-refractivity contribution in [2.75, 3.05) is 0 Å². The van der Waals surface area contributed by atoms with Crippen LogP contribution < -0.4 is 22.4 Å². The minimum absolute atomic E-state index is 0.0144. The summed E-state index contributed by atoms with van der Waals surface area (Å²) in [6.45, 7) is 0. The van der Waals surface area contributed by atoms with Crippen LogP contribution >= 0.6 is 0 Å². The van der Waals surface area contributed by atoms with Crippen LogP contribution in [0.25, 0.3) is 38.4 Å². The van der Waals surface area contributed by atoms with Gasteiger partial charge in [-0.25, -0.2) is 14.2 Å². The van der Waals surface area contributed by atoms with Gasteiger partial charge in [0.2, 0.25) is 0 Å². The van der Waals surface area contributed by atoms with Crippen LogP contribution in [-0.2, 0) is 0 Å². The Balaban J connectivity index is 1.64. The molecule has 0 unspecified atom stereocenters. The summed E-state index contributed by atoms with van der Waals surface area (Å²) in [4.78, 5) is 62.3. The number of aromatic nitrogens is 1. The van der Waals surface area contributed by atoms with E-state index in [1.54, 1.807) is 24.3 Å². The fraction of sp³-hybridized carbons (Fsp3) is 0. The number of nitrogens with zero attached hydrogens (tertiary/aromatic N) is 1. The zero-order chi connectivity index (χ0) is 20.7. The summed E-state index contributed by atoms with van der Waals surface area (Å²) in [5.41, 5.74) is -0.194. The van der Waals surface area contributed by atoms with Crippen molar-refractivity contribution in [2.45, 2.75) is 0 Å². The number of ketones is 1. The maximum absolute atomic E-state index is 13.0. The molecule has 0 radical (unpaired) electrons. The molecule has 30 heavy (non-hydrogen) atoms. The summed E-state index contributed by atoms with van der Waals surface area (Å²) in [6, 6.07) is 14.5. The monoisotopic (exact) mass is 395 g/mol. The highest BCUT2D eigenvalue weighted by atomic mass is 16.4. The van der Waals surface area contributed by atoms with Crippen LogP contribution in [0.4, 0.5) is 0 Å². The Morgan fingerprint density at radius 3 is 1.77 bits per heavy atom. The number of hydrogen-bond donors (Lipinski definition) is 0. The summed E-state index contributed by atoms with van der Waals surface area (Å²) in [6.07, 6.45) is 0. The van der Waals surface area contributed by atoms with Gasteiger partial charge in [0.1, 0.15) is 0 Å². The van der Waals surface area contributed by atoms with Crippen LogP contribution in [-0.4, -0.2) is 10.4 Å². The molecule has 0 N–H and O–H groups in total. The van der Waals surface area contributed by atoms with Crippen molar-refractivity contribution in [3.8, 4) is 16.8 Å². The summed E-state index contributed by atoms with van der Waals surface area (Å²) in [5, 5.41) is -0.0521. The lowest BCUT2D eigenvalue weighted by Crippen LogP contribution is -2.23. The van der Waals surface area contributed by atoms with Gasteiger partial charge < -0.3 is 4.42 Å². The molecule has 142 valence electrons. The number of carbonyl (C=O) groups excluding carboxylic acids is 1. The second kappa shape index (κ2) is 5.36. The van der Waals surface area contributed by atoms with Gasteiger partial charge in [0.05, 0.1) is 27.2 Å². The molecule has 5 aromatic rings. The van der Waals surface area contributed by atoms with Gasteiger partial charge in [0.25, 0.3) is 11.1 Å². The molecule has 1 aliphatic carbocycles. The molecule has 2 heterocycles. The third-order valence-electron chi connectivity index (χ3n) is 5.62. The highest BCUT2D eigenvalue weighted by Gasteiger charge is 2.27. The lowest BCUT2D eigenvalue weighted by Gasteiger charge is -2.04. The first-order valence-electron chi connectivity index (χ1n) is 9.07. The molecule has 6 rings (SSSR count). The Bertz CT molecular complexity index is 1720. The molecule has 3 aromatic carbocycles. The molecule has 7 nitrogen and oxygen atoms in total.